The van der Waals surface area contributed by atoms with E-state index >= 15 is 0 Å². The first-order valence-electron chi connectivity index (χ1n) is 9.02. The Labute approximate surface area is 165 Å². The third kappa shape index (κ3) is 5.97. The number of carbonyl (C=O) groups is 1. The number of ether oxygens (including phenoxy) is 3. The standard InChI is InChI=1S/C19H20F3N3O4/c1-27-16-10-23-11-17(25-16)28-13-8-6-12(7-9-13)24-18(26)14-4-2-3-5-15(14)29-19(20,21)22/h2-5,10-13H,6-9H2,1H3,(H,24,26). The Morgan fingerprint density at radius 1 is 1.10 bits per heavy atom. The fourth-order valence-electron chi connectivity index (χ4n) is 3.11. The van der Waals surface area contributed by atoms with E-state index in [1.165, 1.54) is 37.7 Å². The van der Waals surface area contributed by atoms with Crippen molar-refractivity contribution in [3.8, 4) is 17.5 Å². The summed E-state index contributed by atoms with van der Waals surface area (Å²) in [5, 5.41) is 2.77. The van der Waals surface area contributed by atoms with E-state index in [4.69, 9.17) is 9.47 Å². The number of hydrogen-bond donors (Lipinski definition) is 1. The molecule has 0 bridgehead atoms. The molecule has 10 heteroatoms. The van der Waals surface area contributed by atoms with Gasteiger partial charge in [-0.3, -0.25) is 9.78 Å². The van der Waals surface area contributed by atoms with Gasteiger partial charge in [-0.15, -0.1) is 13.2 Å². The maximum Gasteiger partial charge on any atom is 0.573 e. The summed E-state index contributed by atoms with van der Waals surface area (Å²) >= 11 is 0. The minimum Gasteiger partial charge on any atom is -0.480 e. The lowest BCUT2D eigenvalue weighted by atomic mass is 9.92. The minimum atomic E-state index is -4.87. The Kier molecular flexibility index (Phi) is 6.40. The number of nitrogens with zero attached hydrogens (tertiary/aromatic N) is 2. The molecule has 1 amide bonds. The van der Waals surface area contributed by atoms with E-state index in [-0.39, 0.29) is 17.7 Å². The second-order valence-corrected chi connectivity index (χ2v) is 6.51. The van der Waals surface area contributed by atoms with Crippen molar-refractivity contribution in [2.24, 2.45) is 0 Å². The Hall–Kier alpha value is -3.04. The second-order valence-electron chi connectivity index (χ2n) is 6.51. The van der Waals surface area contributed by atoms with Crippen LogP contribution in [0.5, 0.6) is 17.5 Å². The van der Waals surface area contributed by atoms with E-state index in [0.717, 1.165) is 6.07 Å². The molecule has 0 spiro atoms. The van der Waals surface area contributed by atoms with E-state index in [2.05, 4.69) is 20.0 Å². The molecule has 1 N–H and O–H groups in total. The van der Waals surface area contributed by atoms with Crippen LogP contribution >= 0.6 is 0 Å². The third-order valence-corrected chi connectivity index (χ3v) is 4.45. The molecule has 3 rings (SSSR count). The number of rotatable bonds is 6. The molecule has 0 radical (unpaired) electrons. The van der Waals surface area contributed by atoms with Crippen LogP contribution in [-0.4, -0.2) is 41.5 Å². The lowest BCUT2D eigenvalue weighted by Gasteiger charge is -2.29. The van der Waals surface area contributed by atoms with Crippen molar-refractivity contribution in [2.75, 3.05) is 7.11 Å². The van der Waals surface area contributed by atoms with Crippen LogP contribution in [0, 0.1) is 0 Å². The summed E-state index contributed by atoms with van der Waals surface area (Å²) in [7, 11) is 1.49. The van der Waals surface area contributed by atoms with Crippen molar-refractivity contribution in [3.05, 3.63) is 42.2 Å². The lowest BCUT2D eigenvalue weighted by molar-refractivity contribution is -0.274. The summed E-state index contributed by atoms with van der Waals surface area (Å²) in [5.41, 5.74) is -0.158. The van der Waals surface area contributed by atoms with E-state index < -0.39 is 18.0 Å². The van der Waals surface area contributed by atoms with Crippen molar-refractivity contribution in [1.29, 1.82) is 0 Å². The van der Waals surface area contributed by atoms with Crippen LogP contribution in [0.3, 0.4) is 0 Å². The molecule has 1 heterocycles. The summed E-state index contributed by atoms with van der Waals surface area (Å²) in [6, 6.07) is 5.10. The van der Waals surface area contributed by atoms with Gasteiger partial charge in [0.05, 0.1) is 25.1 Å². The van der Waals surface area contributed by atoms with Gasteiger partial charge in [-0.25, -0.2) is 0 Å². The zero-order chi connectivity index (χ0) is 20.9. The summed E-state index contributed by atoms with van der Waals surface area (Å²) in [6.07, 6.45) is 0.564. The smallest absolute Gasteiger partial charge is 0.480 e. The van der Waals surface area contributed by atoms with Gasteiger partial charge in [-0.05, 0) is 37.8 Å². The molecular formula is C19H20F3N3O4. The normalized spacial score (nSPS) is 19.3. The number of methoxy groups -OCH3 is 1. The van der Waals surface area contributed by atoms with Crippen LogP contribution in [0.25, 0.3) is 0 Å². The molecule has 1 aliphatic carbocycles. The zero-order valence-electron chi connectivity index (χ0n) is 15.6. The summed E-state index contributed by atoms with van der Waals surface area (Å²) in [6.45, 7) is 0. The van der Waals surface area contributed by atoms with E-state index in [1.807, 2.05) is 0 Å². The molecule has 1 aromatic carbocycles. The molecule has 156 valence electrons. The molecule has 1 fully saturated rings. The average Bonchev–Trinajstić information content (AvgIpc) is 2.69. The zero-order valence-corrected chi connectivity index (χ0v) is 15.6. The molecular weight excluding hydrogens is 391 g/mol. The van der Waals surface area contributed by atoms with E-state index in [9.17, 15) is 18.0 Å². The molecule has 1 aromatic heterocycles. The third-order valence-electron chi connectivity index (χ3n) is 4.45. The monoisotopic (exact) mass is 411 g/mol. The van der Waals surface area contributed by atoms with Crippen molar-refractivity contribution in [2.45, 2.75) is 44.2 Å². The Balaban J connectivity index is 1.54. The molecule has 7 nitrogen and oxygen atoms in total. The van der Waals surface area contributed by atoms with Crippen LogP contribution < -0.4 is 19.5 Å². The first-order chi connectivity index (χ1) is 13.8. The SMILES string of the molecule is COc1cncc(OC2CCC(NC(=O)c3ccccc3OC(F)(F)F)CC2)n1. The van der Waals surface area contributed by atoms with Crippen molar-refractivity contribution >= 4 is 5.91 Å². The van der Waals surface area contributed by atoms with Gasteiger partial charge in [0.2, 0.25) is 11.8 Å². The first kappa shape index (κ1) is 20.7. The predicted octanol–water partition coefficient (Wildman–Crippen LogP) is 3.50. The molecule has 0 atom stereocenters. The van der Waals surface area contributed by atoms with Gasteiger partial charge in [0.15, 0.2) is 0 Å². The lowest BCUT2D eigenvalue weighted by Crippen LogP contribution is -2.40. The number of para-hydroxylation sites is 1. The predicted molar refractivity (Wildman–Crippen MR) is 95.8 cm³/mol. The van der Waals surface area contributed by atoms with Crippen molar-refractivity contribution in [3.63, 3.8) is 0 Å². The topological polar surface area (TPSA) is 82.6 Å². The van der Waals surface area contributed by atoms with E-state index in [0.29, 0.717) is 37.4 Å². The number of amides is 1. The Bertz CT molecular complexity index is 839. The highest BCUT2D eigenvalue weighted by atomic mass is 19.4. The number of nitrogens with one attached hydrogen (secondary N) is 1. The van der Waals surface area contributed by atoms with Gasteiger partial charge in [0.1, 0.15) is 11.9 Å². The molecule has 1 saturated carbocycles. The Morgan fingerprint density at radius 2 is 1.79 bits per heavy atom. The van der Waals surface area contributed by atoms with Gasteiger partial charge in [-0.2, -0.15) is 4.98 Å². The molecule has 0 unspecified atom stereocenters. The molecule has 1 aliphatic rings. The number of carbonyl (C=O) groups excluding carboxylic acids is 1. The van der Waals surface area contributed by atoms with Crippen molar-refractivity contribution in [1.82, 2.24) is 15.3 Å². The van der Waals surface area contributed by atoms with Crippen molar-refractivity contribution < 1.29 is 32.2 Å². The minimum absolute atomic E-state index is 0.0922. The summed E-state index contributed by atoms with van der Waals surface area (Å²) in [5.74, 6) is -0.419. The maximum atomic E-state index is 12.5. The highest BCUT2D eigenvalue weighted by Crippen LogP contribution is 2.27. The number of halogens is 3. The molecule has 29 heavy (non-hydrogen) atoms. The average molecular weight is 411 g/mol. The second kappa shape index (κ2) is 8.97. The molecule has 0 aliphatic heterocycles. The fraction of sp³-hybridized carbons (Fsp3) is 0.421. The van der Waals surface area contributed by atoms with Crippen LogP contribution in [0.4, 0.5) is 13.2 Å². The quantitative estimate of drug-likeness (QED) is 0.784. The number of benzene rings is 1. The Morgan fingerprint density at radius 3 is 2.48 bits per heavy atom. The number of hydrogen-bond acceptors (Lipinski definition) is 6. The highest BCUT2D eigenvalue weighted by molar-refractivity contribution is 5.97. The van der Waals surface area contributed by atoms with Crippen LogP contribution in [0.2, 0.25) is 0 Å². The van der Waals surface area contributed by atoms with Crippen LogP contribution in [0.15, 0.2) is 36.7 Å². The van der Waals surface area contributed by atoms with Gasteiger partial charge in [-0.1, -0.05) is 12.1 Å². The van der Waals surface area contributed by atoms with Crippen LogP contribution in [-0.2, 0) is 0 Å². The summed E-state index contributed by atoms with van der Waals surface area (Å²) < 4.78 is 52.3. The van der Waals surface area contributed by atoms with Crippen LogP contribution in [0.1, 0.15) is 36.0 Å². The highest BCUT2D eigenvalue weighted by Gasteiger charge is 2.33. The first-order valence-corrected chi connectivity index (χ1v) is 9.02. The molecule has 2 aromatic rings. The van der Waals surface area contributed by atoms with Gasteiger partial charge in [0, 0.05) is 6.04 Å². The number of aromatic nitrogens is 2. The van der Waals surface area contributed by atoms with Gasteiger partial charge >= 0.3 is 6.36 Å². The summed E-state index contributed by atoms with van der Waals surface area (Å²) in [4.78, 5) is 20.6. The van der Waals surface area contributed by atoms with Gasteiger partial charge < -0.3 is 19.5 Å². The van der Waals surface area contributed by atoms with E-state index in [1.54, 1.807) is 0 Å². The van der Waals surface area contributed by atoms with Gasteiger partial charge in [0.25, 0.3) is 5.91 Å². The maximum absolute atomic E-state index is 12.5. The largest absolute Gasteiger partial charge is 0.573 e. The molecule has 0 saturated heterocycles. The fourth-order valence-corrected chi connectivity index (χ4v) is 3.11. The number of alkyl halides is 3.